The first kappa shape index (κ1) is 14.0. The quantitative estimate of drug-likeness (QED) is 0.565. The second-order valence-corrected chi connectivity index (χ2v) is 7.01. The minimum absolute atomic E-state index is 0.125. The molecule has 0 saturated carbocycles. The maximum absolute atomic E-state index is 12.3. The number of Topliss-reactive ketones (excluding diaryl/α,β-unsaturated/α-hetero) is 1. The Morgan fingerprint density at radius 2 is 2.00 bits per heavy atom. The lowest BCUT2D eigenvalue weighted by molar-refractivity contribution is 0.103. The van der Waals surface area contributed by atoms with E-state index in [9.17, 15) is 13.2 Å². The molecule has 102 valence electrons. The van der Waals surface area contributed by atoms with Crippen molar-refractivity contribution in [3.8, 4) is 0 Å². The van der Waals surface area contributed by atoms with Crippen LogP contribution in [0, 0.1) is 0 Å². The van der Waals surface area contributed by atoms with E-state index in [4.69, 9.17) is 0 Å². The van der Waals surface area contributed by atoms with Gasteiger partial charge in [0.1, 0.15) is 10.3 Å². The number of halogens is 1. The highest BCUT2D eigenvalue weighted by atomic mass is 79.9. The number of nitrogens with zero attached hydrogens (tertiary/aromatic N) is 3. The van der Waals surface area contributed by atoms with Crippen LogP contribution < -0.4 is 4.31 Å². The van der Waals surface area contributed by atoms with Crippen LogP contribution in [0.1, 0.15) is 10.5 Å². The third kappa shape index (κ3) is 2.25. The summed E-state index contributed by atoms with van der Waals surface area (Å²) < 4.78 is 26.1. The van der Waals surface area contributed by atoms with Gasteiger partial charge in [0.05, 0.1) is 5.69 Å². The highest BCUT2D eigenvalue weighted by Crippen LogP contribution is 2.33. The predicted molar refractivity (Wildman–Crippen MR) is 75.4 cm³/mol. The molecule has 8 heteroatoms. The maximum Gasteiger partial charge on any atom is 0.269 e. The van der Waals surface area contributed by atoms with Crippen LogP contribution in [-0.2, 0) is 10.0 Å². The average molecular weight is 346 g/mol. The summed E-state index contributed by atoms with van der Waals surface area (Å²) in [5.74, 6) is -0.594. The van der Waals surface area contributed by atoms with E-state index in [-0.39, 0.29) is 16.3 Å². The summed E-state index contributed by atoms with van der Waals surface area (Å²) in [4.78, 5) is 17.6. The fourth-order valence-corrected chi connectivity index (χ4v) is 3.41. The molecule has 0 unspecified atom stereocenters. The van der Waals surface area contributed by atoms with Crippen LogP contribution in [0.2, 0.25) is 0 Å². The molecule has 1 aliphatic heterocycles. The minimum Gasteiger partial charge on any atom is -0.382 e. The van der Waals surface area contributed by atoms with Crippen molar-refractivity contribution < 1.29 is 13.2 Å². The van der Waals surface area contributed by atoms with Crippen molar-refractivity contribution in [1.82, 2.24) is 9.88 Å². The van der Waals surface area contributed by atoms with Gasteiger partial charge in [0.15, 0.2) is 4.91 Å². The van der Waals surface area contributed by atoms with E-state index in [1.54, 1.807) is 26.2 Å². The molecule has 1 aliphatic rings. The van der Waals surface area contributed by atoms with Gasteiger partial charge in [-0.3, -0.25) is 9.10 Å². The zero-order valence-corrected chi connectivity index (χ0v) is 13.0. The van der Waals surface area contributed by atoms with Gasteiger partial charge in [-0.1, -0.05) is 0 Å². The van der Waals surface area contributed by atoms with Crippen molar-refractivity contribution in [1.29, 1.82) is 0 Å². The second kappa shape index (κ2) is 4.61. The fraction of sp³-hybridized carbons (Fsp3) is 0.273. The first-order chi connectivity index (χ1) is 8.75. The van der Waals surface area contributed by atoms with E-state index in [0.717, 1.165) is 4.31 Å². The van der Waals surface area contributed by atoms with E-state index in [1.165, 1.54) is 18.1 Å². The topological polar surface area (TPSA) is 70.6 Å². The summed E-state index contributed by atoms with van der Waals surface area (Å²) in [5, 5.41) is 0. The van der Waals surface area contributed by atoms with Crippen LogP contribution in [0.3, 0.4) is 0 Å². The van der Waals surface area contributed by atoms with Crippen LogP contribution in [0.15, 0.2) is 27.8 Å². The number of aromatic nitrogens is 1. The van der Waals surface area contributed by atoms with Gasteiger partial charge in [-0.15, -0.1) is 0 Å². The van der Waals surface area contributed by atoms with Gasteiger partial charge in [-0.25, -0.2) is 13.4 Å². The summed E-state index contributed by atoms with van der Waals surface area (Å²) in [6, 6.07) is 3.15. The molecule has 0 radical (unpaired) electrons. The molecule has 0 atom stereocenters. The number of sulfonamides is 1. The standard InChI is InChI=1S/C11H12BrN3O3S/c1-14(2)6-8-11(16)10-7(4-5-9(12)13-10)15(3)19(8,17)18/h4-6H,1-3H3/b8-6-. The van der Waals surface area contributed by atoms with Crippen LogP contribution in [0.5, 0.6) is 0 Å². The molecule has 0 aliphatic carbocycles. The van der Waals surface area contributed by atoms with Gasteiger partial charge >= 0.3 is 0 Å². The Morgan fingerprint density at radius 3 is 2.58 bits per heavy atom. The Kier molecular flexibility index (Phi) is 3.40. The van der Waals surface area contributed by atoms with E-state index in [2.05, 4.69) is 20.9 Å². The molecule has 0 bridgehead atoms. The van der Waals surface area contributed by atoms with Gasteiger partial charge < -0.3 is 4.90 Å². The monoisotopic (exact) mass is 345 g/mol. The minimum atomic E-state index is -3.82. The number of fused-ring (bicyclic) bond motifs is 1. The molecule has 0 aromatic carbocycles. The Labute approximate surface area is 119 Å². The Balaban J connectivity index is 2.75. The molecule has 0 N–H and O–H groups in total. The molecule has 0 spiro atoms. The largest absolute Gasteiger partial charge is 0.382 e. The third-order valence-corrected chi connectivity index (χ3v) is 4.84. The van der Waals surface area contributed by atoms with Gasteiger partial charge in [0, 0.05) is 27.3 Å². The van der Waals surface area contributed by atoms with Crippen LogP contribution in [-0.4, -0.2) is 45.2 Å². The lowest BCUT2D eigenvalue weighted by Gasteiger charge is -2.27. The van der Waals surface area contributed by atoms with Crippen LogP contribution in [0.25, 0.3) is 0 Å². The fourth-order valence-electron chi connectivity index (χ4n) is 1.72. The molecule has 1 aromatic heterocycles. The smallest absolute Gasteiger partial charge is 0.269 e. The SMILES string of the molecule is CN(C)/C=C1/C(=O)c2nc(Br)ccc2N(C)S1(=O)=O. The van der Waals surface area contributed by atoms with Crippen LogP contribution >= 0.6 is 15.9 Å². The summed E-state index contributed by atoms with van der Waals surface area (Å²) in [6.07, 6.45) is 1.29. The van der Waals surface area contributed by atoms with E-state index in [1.807, 2.05) is 0 Å². The summed E-state index contributed by atoms with van der Waals surface area (Å²) in [7, 11) is 0.883. The molecule has 19 heavy (non-hydrogen) atoms. The van der Waals surface area contributed by atoms with Gasteiger partial charge in [0.2, 0.25) is 5.78 Å². The summed E-state index contributed by atoms with van der Waals surface area (Å²) in [6.45, 7) is 0. The number of ketones is 1. The Hall–Kier alpha value is -1.41. The zero-order valence-electron chi connectivity index (χ0n) is 10.6. The van der Waals surface area contributed by atoms with Crippen molar-refractivity contribution in [2.45, 2.75) is 0 Å². The summed E-state index contributed by atoms with van der Waals surface area (Å²) in [5.41, 5.74) is 0.406. The van der Waals surface area contributed by atoms with E-state index < -0.39 is 15.8 Å². The molecular formula is C11H12BrN3O3S. The normalized spacial score (nSPS) is 19.5. The van der Waals surface area contributed by atoms with Crippen molar-refractivity contribution >= 4 is 37.4 Å². The number of hydrogen-bond donors (Lipinski definition) is 0. The van der Waals surface area contributed by atoms with Crippen molar-refractivity contribution in [3.63, 3.8) is 0 Å². The van der Waals surface area contributed by atoms with Gasteiger partial charge in [-0.05, 0) is 28.1 Å². The second-order valence-electron chi connectivity index (χ2n) is 4.26. The zero-order chi connectivity index (χ0) is 14.4. The molecule has 0 saturated heterocycles. The van der Waals surface area contributed by atoms with Gasteiger partial charge in [-0.2, -0.15) is 0 Å². The first-order valence-electron chi connectivity index (χ1n) is 5.33. The molecular weight excluding hydrogens is 334 g/mol. The summed E-state index contributed by atoms with van der Waals surface area (Å²) >= 11 is 3.18. The average Bonchev–Trinajstić information content (AvgIpc) is 2.32. The number of anilines is 1. The molecule has 0 fully saturated rings. The number of carbonyl (C=O) groups is 1. The molecule has 2 rings (SSSR count). The molecule has 0 amide bonds. The molecule has 1 aromatic rings. The number of pyridine rings is 1. The number of carbonyl (C=O) groups excluding carboxylic acids is 1. The highest BCUT2D eigenvalue weighted by molar-refractivity contribution is 9.10. The van der Waals surface area contributed by atoms with Crippen LogP contribution in [0.4, 0.5) is 5.69 Å². The molecule has 6 nitrogen and oxygen atoms in total. The lowest BCUT2D eigenvalue weighted by atomic mass is 10.2. The Morgan fingerprint density at radius 1 is 1.37 bits per heavy atom. The van der Waals surface area contributed by atoms with Crippen molar-refractivity contribution in [2.75, 3.05) is 25.4 Å². The highest BCUT2D eigenvalue weighted by Gasteiger charge is 2.39. The van der Waals surface area contributed by atoms with E-state index >= 15 is 0 Å². The van der Waals surface area contributed by atoms with E-state index in [0.29, 0.717) is 4.60 Å². The molecule has 2 heterocycles. The number of allylic oxidation sites excluding steroid dienone is 1. The van der Waals surface area contributed by atoms with Gasteiger partial charge in [0.25, 0.3) is 10.0 Å². The number of hydrogen-bond acceptors (Lipinski definition) is 5. The van der Waals surface area contributed by atoms with Crippen molar-refractivity contribution in [3.05, 3.63) is 33.5 Å². The van der Waals surface area contributed by atoms with Crippen molar-refractivity contribution in [2.24, 2.45) is 0 Å². The number of rotatable bonds is 1. The first-order valence-corrected chi connectivity index (χ1v) is 7.57. The predicted octanol–water partition coefficient (Wildman–Crippen LogP) is 1.21. The third-order valence-electron chi connectivity index (χ3n) is 2.63. The lowest BCUT2D eigenvalue weighted by Crippen LogP contribution is -2.37. The maximum atomic E-state index is 12.3. The Bertz CT molecular complexity index is 682.